The van der Waals surface area contributed by atoms with E-state index in [1.165, 1.54) is 32.2 Å². The van der Waals surface area contributed by atoms with E-state index in [0.717, 1.165) is 50.8 Å². The van der Waals surface area contributed by atoms with Gasteiger partial charge < -0.3 is 9.64 Å². The van der Waals surface area contributed by atoms with Gasteiger partial charge >= 0.3 is 0 Å². The van der Waals surface area contributed by atoms with Crippen molar-refractivity contribution >= 4 is 46.4 Å². The highest BCUT2D eigenvalue weighted by Gasteiger charge is 2.49. The Balaban J connectivity index is 1.70. The molecule has 3 aromatic carbocycles. The van der Waals surface area contributed by atoms with Crippen LogP contribution in [-0.4, -0.2) is 63.5 Å². The second kappa shape index (κ2) is 10.1. The molecule has 0 N–H and O–H groups in total. The van der Waals surface area contributed by atoms with Gasteiger partial charge in [-0.2, -0.15) is 0 Å². The van der Waals surface area contributed by atoms with E-state index in [4.69, 9.17) is 9.73 Å². The summed E-state index contributed by atoms with van der Waals surface area (Å²) < 4.78 is 8.12. The second-order valence-electron chi connectivity index (χ2n) is 9.77. The van der Waals surface area contributed by atoms with Crippen molar-refractivity contribution in [2.45, 2.75) is 13.8 Å². The molecule has 4 nitrogen and oxygen atoms in total. The maximum atomic E-state index is 5.66. The van der Waals surface area contributed by atoms with Gasteiger partial charge in [0.2, 0.25) is 0 Å². The molecule has 186 valence electrons. The number of hydrogen-bond acceptors (Lipinski definition) is 3. The first-order chi connectivity index (χ1) is 18.3. The molecule has 2 heterocycles. The highest BCUT2D eigenvalue weighted by atomic mass is 28.3. The maximum Gasteiger partial charge on any atom is 0.200 e. The molecule has 6 rings (SSSR count). The second-order valence-corrected chi connectivity index (χ2v) is 13.5. The Kier molecular flexibility index (Phi) is 6.49. The van der Waals surface area contributed by atoms with Gasteiger partial charge in [-0.1, -0.05) is 60.7 Å². The van der Waals surface area contributed by atoms with Gasteiger partial charge in [-0.25, -0.2) is 9.57 Å². The molecule has 1 aliphatic carbocycles. The van der Waals surface area contributed by atoms with Crippen molar-refractivity contribution in [3.05, 3.63) is 102 Å². The Labute approximate surface area is 221 Å². The number of anilines is 1. The lowest BCUT2D eigenvalue weighted by Gasteiger charge is -2.40. The fraction of sp³-hybridized carbons (Fsp3) is 0.250. The van der Waals surface area contributed by atoms with Crippen LogP contribution in [0.1, 0.15) is 13.8 Å². The van der Waals surface area contributed by atoms with Crippen LogP contribution in [0.5, 0.6) is 0 Å². The van der Waals surface area contributed by atoms with Gasteiger partial charge in [0.05, 0.1) is 11.4 Å². The summed E-state index contributed by atoms with van der Waals surface area (Å²) in [6.07, 6.45) is 6.94. The summed E-state index contributed by atoms with van der Waals surface area (Å²) >= 11 is 0. The topological polar surface area (TPSA) is 27.8 Å². The Morgan fingerprint density at radius 3 is 2.11 bits per heavy atom. The molecule has 3 aromatic rings. The minimum atomic E-state index is -2.65. The molecule has 0 bridgehead atoms. The van der Waals surface area contributed by atoms with Crippen LogP contribution >= 0.6 is 0 Å². The van der Waals surface area contributed by atoms with Crippen LogP contribution in [-0.2, 0) is 4.74 Å². The van der Waals surface area contributed by atoms with E-state index in [-0.39, 0.29) is 0 Å². The van der Waals surface area contributed by atoms with Gasteiger partial charge in [0.15, 0.2) is 26.9 Å². The van der Waals surface area contributed by atoms with E-state index in [1.54, 1.807) is 0 Å². The zero-order chi connectivity index (χ0) is 25.2. The SMILES string of the molecule is CCN(CC)c1ccc2c(c1)[Si](c1ccccc1)(c1ccccc1)C1=CC(=[N+]3CCOCC3)C=CC1=N2. The predicted octanol–water partition coefficient (Wildman–Crippen LogP) is 3.61. The minimum Gasteiger partial charge on any atom is -0.372 e. The van der Waals surface area contributed by atoms with E-state index < -0.39 is 8.07 Å². The van der Waals surface area contributed by atoms with Crippen LogP contribution in [0.4, 0.5) is 11.4 Å². The lowest BCUT2D eigenvalue weighted by atomic mass is 10.1. The molecule has 1 fully saturated rings. The molecule has 0 radical (unpaired) electrons. The fourth-order valence-electron chi connectivity index (χ4n) is 6.09. The van der Waals surface area contributed by atoms with Crippen molar-refractivity contribution in [1.82, 2.24) is 0 Å². The number of hydrogen-bond donors (Lipinski definition) is 0. The summed E-state index contributed by atoms with van der Waals surface area (Å²) in [5.74, 6) is 0. The number of fused-ring (bicyclic) bond motifs is 2. The lowest BCUT2D eigenvalue weighted by molar-refractivity contribution is -0.547. The molecule has 1 saturated heterocycles. The molecule has 37 heavy (non-hydrogen) atoms. The zero-order valence-corrected chi connectivity index (χ0v) is 22.7. The smallest absolute Gasteiger partial charge is 0.200 e. The van der Waals surface area contributed by atoms with Crippen LogP contribution in [0, 0.1) is 0 Å². The maximum absolute atomic E-state index is 5.66. The molecular weight excluding hydrogens is 470 g/mol. The molecule has 0 saturated carbocycles. The first kappa shape index (κ1) is 23.8. The van der Waals surface area contributed by atoms with Crippen LogP contribution in [0.3, 0.4) is 0 Å². The van der Waals surface area contributed by atoms with E-state index in [0.29, 0.717) is 0 Å². The van der Waals surface area contributed by atoms with Gasteiger partial charge in [-0.3, -0.25) is 0 Å². The monoisotopic (exact) mass is 504 g/mol. The largest absolute Gasteiger partial charge is 0.372 e. The van der Waals surface area contributed by atoms with Gasteiger partial charge in [-0.05, 0) is 58.9 Å². The summed E-state index contributed by atoms with van der Waals surface area (Å²) in [4.78, 5) is 7.71. The first-order valence-corrected chi connectivity index (χ1v) is 15.4. The highest BCUT2D eigenvalue weighted by molar-refractivity contribution is 7.19. The number of aliphatic imine (C=N–C) groups is 1. The van der Waals surface area contributed by atoms with E-state index in [1.807, 2.05) is 0 Å². The third kappa shape index (κ3) is 4.03. The van der Waals surface area contributed by atoms with Crippen molar-refractivity contribution in [2.24, 2.45) is 4.99 Å². The number of rotatable bonds is 5. The summed E-state index contributed by atoms with van der Waals surface area (Å²) in [6, 6.07) is 29.3. The van der Waals surface area contributed by atoms with E-state index >= 15 is 0 Å². The van der Waals surface area contributed by atoms with Crippen molar-refractivity contribution in [3.63, 3.8) is 0 Å². The molecule has 5 heteroatoms. The average molecular weight is 505 g/mol. The third-order valence-corrected chi connectivity index (χ3v) is 12.7. The molecular formula is C32H34N3OSi+. The normalized spacial score (nSPS) is 18.0. The molecule has 0 aromatic heterocycles. The lowest BCUT2D eigenvalue weighted by Crippen LogP contribution is -2.71. The number of nitrogens with zero attached hydrogens (tertiary/aromatic N) is 3. The quantitative estimate of drug-likeness (QED) is 0.302. The zero-order valence-electron chi connectivity index (χ0n) is 21.7. The Morgan fingerprint density at radius 1 is 0.838 bits per heavy atom. The predicted molar refractivity (Wildman–Crippen MR) is 158 cm³/mol. The van der Waals surface area contributed by atoms with Crippen molar-refractivity contribution in [3.8, 4) is 0 Å². The number of morpholine rings is 1. The van der Waals surface area contributed by atoms with Crippen molar-refractivity contribution in [2.75, 3.05) is 44.3 Å². The standard InChI is InChI=1S/C32H34N3OSi/c1-3-34(4-2)25-15-17-29-31(23-25)37(27-11-7-5-8-12-27,28-13-9-6-10-14-28)32-24-26(16-18-30(32)33-29)35-19-21-36-22-20-35/h5-18,23-24H,3-4,19-22H2,1-2H3/q+1. The van der Waals surface area contributed by atoms with Gasteiger partial charge in [-0.15, -0.1) is 0 Å². The summed E-state index contributed by atoms with van der Waals surface area (Å²) in [5.41, 5.74) is 4.74. The average Bonchev–Trinajstić information content (AvgIpc) is 2.98. The fourth-order valence-corrected chi connectivity index (χ4v) is 11.1. The Morgan fingerprint density at radius 2 is 1.49 bits per heavy atom. The summed E-state index contributed by atoms with van der Waals surface area (Å²) in [7, 11) is -2.65. The van der Waals surface area contributed by atoms with Crippen molar-refractivity contribution in [1.29, 1.82) is 0 Å². The van der Waals surface area contributed by atoms with Gasteiger partial charge in [0.1, 0.15) is 13.2 Å². The van der Waals surface area contributed by atoms with Crippen LogP contribution in [0.15, 0.2) is 107 Å². The van der Waals surface area contributed by atoms with Crippen LogP contribution in [0.25, 0.3) is 0 Å². The first-order valence-electron chi connectivity index (χ1n) is 13.4. The molecule has 3 aliphatic rings. The number of allylic oxidation sites excluding steroid dienone is 4. The number of benzene rings is 3. The van der Waals surface area contributed by atoms with Crippen molar-refractivity contribution < 1.29 is 9.31 Å². The minimum absolute atomic E-state index is 0.775. The van der Waals surface area contributed by atoms with E-state index in [9.17, 15) is 0 Å². The summed E-state index contributed by atoms with van der Waals surface area (Å²) in [5, 5.41) is 5.54. The highest BCUT2D eigenvalue weighted by Crippen LogP contribution is 2.33. The van der Waals surface area contributed by atoms with Crippen LogP contribution < -0.4 is 20.5 Å². The number of ether oxygens (including phenoxy) is 1. The van der Waals surface area contributed by atoms with Gasteiger partial charge in [0, 0.05) is 30.9 Å². The molecule has 0 unspecified atom stereocenters. The Bertz CT molecular complexity index is 1370. The molecule has 0 spiro atoms. The molecule has 2 aliphatic heterocycles. The van der Waals surface area contributed by atoms with E-state index in [2.05, 4.69) is 120 Å². The molecule has 0 atom stereocenters. The Hall–Kier alpha value is -3.54. The molecule has 0 amide bonds. The third-order valence-electron chi connectivity index (χ3n) is 7.93. The van der Waals surface area contributed by atoms with Gasteiger partial charge in [0.25, 0.3) is 0 Å². The summed E-state index contributed by atoms with van der Waals surface area (Å²) in [6.45, 7) is 9.82. The van der Waals surface area contributed by atoms with Crippen LogP contribution in [0.2, 0.25) is 0 Å².